The van der Waals surface area contributed by atoms with Crippen LogP contribution in [-0.2, 0) is 6.54 Å². The molecule has 13 heteroatoms. The van der Waals surface area contributed by atoms with Gasteiger partial charge >= 0.3 is 12.1 Å². The van der Waals surface area contributed by atoms with Gasteiger partial charge in [-0.1, -0.05) is 33.6 Å². The SMILES string of the molecule is O=[N+]([O-])/C(=C/c1ccc(-c2ccc(Br)cc2OC(F)(F)F)o1)C1=NCCN1Cc1ccc(Cl)nc1. The van der Waals surface area contributed by atoms with E-state index in [4.69, 9.17) is 16.0 Å². The lowest BCUT2D eigenvalue weighted by Gasteiger charge is -2.18. The van der Waals surface area contributed by atoms with E-state index in [0.29, 0.717) is 29.3 Å². The van der Waals surface area contributed by atoms with Crippen LogP contribution in [0.25, 0.3) is 17.4 Å². The summed E-state index contributed by atoms with van der Waals surface area (Å²) in [5, 5.41) is 12.2. The molecule has 1 aliphatic rings. The van der Waals surface area contributed by atoms with Crippen molar-refractivity contribution in [1.29, 1.82) is 0 Å². The summed E-state index contributed by atoms with van der Waals surface area (Å²) in [7, 11) is 0. The second-order valence-corrected chi connectivity index (χ2v) is 8.60. The van der Waals surface area contributed by atoms with Gasteiger partial charge < -0.3 is 14.1 Å². The van der Waals surface area contributed by atoms with E-state index < -0.39 is 17.0 Å². The summed E-state index contributed by atoms with van der Waals surface area (Å²) in [6, 6.07) is 10.3. The number of hydrogen-bond acceptors (Lipinski definition) is 7. The van der Waals surface area contributed by atoms with Gasteiger partial charge in [0.15, 0.2) is 0 Å². The summed E-state index contributed by atoms with van der Waals surface area (Å²) in [6.45, 7) is 1.15. The van der Waals surface area contributed by atoms with Gasteiger partial charge in [0.2, 0.25) is 5.84 Å². The summed E-state index contributed by atoms with van der Waals surface area (Å²) in [4.78, 5) is 21.3. The molecule has 0 saturated carbocycles. The smallest absolute Gasteiger partial charge is 0.456 e. The highest BCUT2D eigenvalue weighted by Gasteiger charge is 2.33. The number of ether oxygens (including phenoxy) is 1. The predicted molar refractivity (Wildman–Crippen MR) is 125 cm³/mol. The third-order valence-electron chi connectivity index (χ3n) is 4.86. The number of pyridine rings is 1. The number of nitrogens with zero attached hydrogens (tertiary/aromatic N) is 4. The quantitative estimate of drug-likeness (QED) is 0.191. The topological polar surface area (TPSA) is 94.0 Å². The monoisotopic (exact) mass is 570 g/mol. The van der Waals surface area contributed by atoms with Crippen molar-refractivity contribution in [2.75, 3.05) is 13.1 Å². The van der Waals surface area contributed by atoms with Crippen LogP contribution >= 0.6 is 27.5 Å². The zero-order valence-corrected chi connectivity index (χ0v) is 20.0. The minimum Gasteiger partial charge on any atom is -0.456 e. The molecule has 3 aromatic rings. The molecule has 1 aromatic carbocycles. The second kappa shape index (κ2) is 10.1. The number of aromatic nitrogens is 1. The van der Waals surface area contributed by atoms with Gasteiger partial charge in [-0.05, 0) is 42.0 Å². The largest absolute Gasteiger partial charge is 0.573 e. The van der Waals surface area contributed by atoms with E-state index in [1.54, 1.807) is 23.2 Å². The Morgan fingerprint density at radius 2 is 2.09 bits per heavy atom. The first kappa shape index (κ1) is 24.7. The predicted octanol–water partition coefficient (Wildman–Crippen LogP) is 6.19. The molecule has 35 heavy (non-hydrogen) atoms. The van der Waals surface area contributed by atoms with E-state index in [-0.39, 0.29) is 28.6 Å². The molecule has 0 aliphatic carbocycles. The highest BCUT2D eigenvalue weighted by Crippen LogP contribution is 2.37. The van der Waals surface area contributed by atoms with Crippen molar-refractivity contribution in [2.45, 2.75) is 12.9 Å². The first-order valence-corrected chi connectivity index (χ1v) is 11.2. The normalized spacial score (nSPS) is 14.3. The van der Waals surface area contributed by atoms with E-state index in [2.05, 4.69) is 30.6 Å². The minimum atomic E-state index is -4.91. The Morgan fingerprint density at radius 1 is 1.29 bits per heavy atom. The van der Waals surface area contributed by atoms with Crippen LogP contribution < -0.4 is 4.74 Å². The Labute approximate surface area is 210 Å². The van der Waals surface area contributed by atoms with Gasteiger partial charge in [0, 0.05) is 23.8 Å². The van der Waals surface area contributed by atoms with Gasteiger partial charge in [-0.25, -0.2) is 4.98 Å². The maximum absolute atomic E-state index is 12.8. The maximum Gasteiger partial charge on any atom is 0.573 e. The van der Waals surface area contributed by atoms with E-state index in [9.17, 15) is 23.3 Å². The molecule has 0 amide bonds. The summed E-state index contributed by atoms with van der Waals surface area (Å²) >= 11 is 8.92. The average molecular weight is 572 g/mol. The molecule has 1 aliphatic heterocycles. The van der Waals surface area contributed by atoms with Crippen LogP contribution in [0.1, 0.15) is 11.3 Å². The summed E-state index contributed by atoms with van der Waals surface area (Å²) in [5.74, 6) is -0.208. The summed E-state index contributed by atoms with van der Waals surface area (Å²) in [5.41, 5.74) is 0.509. The van der Waals surface area contributed by atoms with Crippen LogP contribution in [0.3, 0.4) is 0 Å². The van der Waals surface area contributed by atoms with Crippen LogP contribution in [0.5, 0.6) is 5.75 Å². The van der Waals surface area contributed by atoms with Crippen molar-refractivity contribution in [3.8, 4) is 17.1 Å². The average Bonchev–Trinajstić information content (AvgIpc) is 3.42. The van der Waals surface area contributed by atoms with E-state index in [0.717, 1.165) is 11.6 Å². The Kier molecular flexibility index (Phi) is 7.13. The van der Waals surface area contributed by atoms with Crippen LogP contribution in [0.2, 0.25) is 5.15 Å². The molecule has 0 N–H and O–H groups in total. The molecular formula is C22H15BrClF3N4O4. The highest BCUT2D eigenvalue weighted by molar-refractivity contribution is 9.10. The minimum absolute atomic E-state index is 0.0305. The first-order chi connectivity index (χ1) is 16.6. The molecule has 0 saturated heterocycles. The number of nitro groups is 1. The molecule has 0 fully saturated rings. The third-order valence-corrected chi connectivity index (χ3v) is 5.58. The number of amidine groups is 1. The molecule has 8 nitrogen and oxygen atoms in total. The fraction of sp³-hybridized carbons (Fsp3) is 0.182. The lowest BCUT2D eigenvalue weighted by atomic mass is 10.1. The van der Waals surface area contributed by atoms with Crippen molar-refractivity contribution in [1.82, 2.24) is 9.88 Å². The lowest BCUT2D eigenvalue weighted by molar-refractivity contribution is -0.414. The number of aliphatic imine (C=N–C) groups is 1. The number of rotatable bonds is 7. The zero-order chi connectivity index (χ0) is 25.2. The van der Waals surface area contributed by atoms with Crippen molar-refractivity contribution in [3.05, 3.63) is 85.4 Å². The first-order valence-electron chi connectivity index (χ1n) is 10.0. The Morgan fingerprint density at radius 3 is 2.77 bits per heavy atom. The van der Waals surface area contributed by atoms with Gasteiger partial charge in [0.25, 0.3) is 0 Å². The van der Waals surface area contributed by atoms with Gasteiger partial charge in [-0.2, -0.15) is 0 Å². The molecule has 0 bridgehead atoms. The molecule has 182 valence electrons. The highest BCUT2D eigenvalue weighted by atomic mass is 79.9. The van der Waals surface area contributed by atoms with Crippen LogP contribution in [0, 0.1) is 10.1 Å². The fourth-order valence-electron chi connectivity index (χ4n) is 3.42. The van der Waals surface area contributed by atoms with Crippen LogP contribution in [0.4, 0.5) is 13.2 Å². The Balaban J connectivity index is 1.62. The Hall–Kier alpha value is -3.38. The molecule has 2 aromatic heterocycles. The van der Waals surface area contributed by atoms with E-state index in [1.165, 1.54) is 30.3 Å². The number of halogens is 5. The maximum atomic E-state index is 12.8. The molecular weight excluding hydrogens is 557 g/mol. The molecule has 4 rings (SSSR count). The second-order valence-electron chi connectivity index (χ2n) is 7.29. The van der Waals surface area contributed by atoms with Crippen LogP contribution in [-0.4, -0.2) is 40.1 Å². The van der Waals surface area contributed by atoms with Crippen LogP contribution in [0.15, 0.2) is 68.2 Å². The number of benzene rings is 1. The number of hydrogen-bond donors (Lipinski definition) is 0. The zero-order valence-electron chi connectivity index (χ0n) is 17.6. The molecule has 0 unspecified atom stereocenters. The molecule has 0 radical (unpaired) electrons. The van der Waals surface area contributed by atoms with Crippen molar-refractivity contribution < 1.29 is 27.2 Å². The van der Waals surface area contributed by atoms with E-state index in [1.807, 2.05) is 0 Å². The summed E-state index contributed by atoms with van der Waals surface area (Å²) < 4.78 is 48.6. The summed E-state index contributed by atoms with van der Waals surface area (Å²) in [6.07, 6.45) is -2.15. The standard InChI is InChI=1S/C22H15BrClF3N4O4/c23-14-2-4-16(19(9-14)35-22(25,26)27)18-5-3-15(34-18)10-17(31(32)33)21-28-7-8-30(21)12-13-1-6-20(24)29-11-13/h1-6,9-11H,7-8,12H2/b17-10+. The number of alkyl halides is 3. The van der Waals surface area contributed by atoms with E-state index >= 15 is 0 Å². The Bertz CT molecular complexity index is 1310. The molecule has 0 atom stereocenters. The fourth-order valence-corrected chi connectivity index (χ4v) is 3.87. The third kappa shape index (κ3) is 6.20. The van der Waals surface area contributed by atoms with Gasteiger partial charge in [-0.3, -0.25) is 15.1 Å². The molecule has 0 spiro atoms. The van der Waals surface area contributed by atoms with Crippen molar-refractivity contribution in [3.63, 3.8) is 0 Å². The number of furan rings is 1. The van der Waals surface area contributed by atoms with Gasteiger partial charge in [-0.15, -0.1) is 13.2 Å². The van der Waals surface area contributed by atoms with Crippen molar-refractivity contribution >= 4 is 39.4 Å². The van der Waals surface area contributed by atoms with Crippen molar-refractivity contribution in [2.24, 2.45) is 4.99 Å². The molecule has 3 heterocycles. The lowest BCUT2D eigenvalue weighted by Crippen LogP contribution is -2.30. The van der Waals surface area contributed by atoms with Gasteiger partial charge in [0.05, 0.1) is 23.1 Å². The van der Waals surface area contributed by atoms with Gasteiger partial charge in [0.1, 0.15) is 22.4 Å².